The van der Waals surface area contributed by atoms with Crippen molar-refractivity contribution in [1.82, 2.24) is 34.5 Å². The van der Waals surface area contributed by atoms with Crippen LogP contribution < -0.4 is 0 Å². The lowest BCUT2D eigenvalue weighted by atomic mass is 10.1. The minimum absolute atomic E-state index is 0.297. The zero-order valence-corrected chi connectivity index (χ0v) is 16.3. The van der Waals surface area contributed by atoms with Crippen LogP contribution in [-0.2, 0) is 7.05 Å². The molecule has 0 bridgehead atoms. The fourth-order valence-electron chi connectivity index (χ4n) is 4.37. The quantitative estimate of drug-likeness (QED) is 0.592. The molecular formula is C21H23N7. The van der Waals surface area contributed by atoms with Gasteiger partial charge < -0.3 is 4.98 Å². The van der Waals surface area contributed by atoms with Crippen molar-refractivity contribution in [2.45, 2.75) is 44.4 Å². The molecule has 28 heavy (non-hydrogen) atoms. The first-order valence-corrected chi connectivity index (χ1v) is 9.90. The van der Waals surface area contributed by atoms with Gasteiger partial charge in [-0.1, -0.05) is 19.9 Å². The molecule has 7 nitrogen and oxygen atoms in total. The zero-order chi connectivity index (χ0) is 19.0. The van der Waals surface area contributed by atoms with Crippen molar-refractivity contribution in [3.8, 4) is 5.69 Å². The average molecular weight is 373 g/mol. The van der Waals surface area contributed by atoms with Crippen LogP contribution in [0.2, 0.25) is 0 Å². The molecule has 3 heterocycles. The molecule has 0 aliphatic heterocycles. The smallest absolute Gasteiger partial charge is 0.155 e. The average Bonchev–Trinajstić information content (AvgIpc) is 3.30. The number of aromatic nitrogens is 7. The molecule has 3 aromatic heterocycles. The zero-order valence-electron chi connectivity index (χ0n) is 16.3. The van der Waals surface area contributed by atoms with Crippen LogP contribution in [0.5, 0.6) is 0 Å². The molecule has 2 aliphatic rings. The topological polar surface area (TPSA) is 77.2 Å². The molecule has 2 aliphatic carbocycles. The Morgan fingerprint density at radius 3 is 2.75 bits per heavy atom. The summed E-state index contributed by atoms with van der Waals surface area (Å²) in [7, 11) is 1.97. The van der Waals surface area contributed by atoms with Crippen molar-refractivity contribution in [3.05, 3.63) is 54.1 Å². The van der Waals surface area contributed by atoms with E-state index in [2.05, 4.69) is 41.0 Å². The lowest BCUT2D eigenvalue weighted by Crippen LogP contribution is -2.04. The Morgan fingerprint density at radius 1 is 1.14 bits per heavy atom. The molecule has 6 rings (SSSR count). The molecule has 2 fully saturated rings. The van der Waals surface area contributed by atoms with Crippen molar-refractivity contribution in [1.29, 1.82) is 0 Å². The molecule has 3 atom stereocenters. The summed E-state index contributed by atoms with van der Waals surface area (Å²) in [6, 6.07) is 8.29. The van der Waals surface area contributed by atoms with E-state index in [1.54, 1.807) is 6.33 Å². The number of nitrogens with zero attached hydrogens (tertiary/aromatic N) is 6. The molecule has 1 N–H and O–H groups in total. The van der Waals surface area contributed by atoms with Gasteiger partial charge in [0, 0.05) is 31.0 Å². The molecule has 1 aromatic carbocycles. The number of imidazole rings is 1. The fraction of sp³-hybridized carbons (Fsp3) is 0.429. The summed E-state index contributed by atoms with van der Waals surface area (Å²) in [6.45, 7) is 4.58. The molecule has 0 radical (unpaired) electrons. The number of benzene rings is 1. The summed E-state index contributed by atoms with van der Waals surface area (Å²) in [5.74, 6) is 3.23. The Bertz CT molecular complexity index is 1190. The molecule has 0 saturated heterocycles. The van der Waals surface area contributed by atoms with Gasteiger partial charge in [0.1, 0.15) is 11.3 Å². The van der Waals surface area contributed by atoms with Crippen LogP contribution in [0.3, 0.4) is 0 Å². The number of fused-ring (bicyclic) bond motifs is 1. The van der Waals surface area contributed by atoms with E-state index >= 15 is 0 Å². The van der Waals surface area contributed by atoms with Gasteiger partial charge >= 0.3 is 0 Å². The molecule has 1 unspecified atom stereocenters. The number of nitrogens with one attached hydrogen (secondary N) is 1. The Morgan fingerprint density at radius 2 is 2.00 bits per heavy atom. The third-order valence-electron chi connectivity index (χ3n) is 6.37. The first-order chi connectivity index (χ1) is 13.5. The van der Waals surface area contributed by atoms with Crippen molar-refractivity contribution in [2.75, 3.05) is 0 Å². The predicted octanol–water partition coefficient (Wildman–Crippen LogP) is 3.66. The van der Waals surface area contributed by atoms with Crippen LogP contribution in [0.15, 0.2) is 36.8 Å². The van der Waals surface area contributed by atoms with Gasteiger partial charge in [-0.2, -0.15) is 10.2 Å². The third-order valence-corrected chi connectivity index (χ3v) is 6.37. The van der Waals surface area contributed by atoms with Gasteiger partial charge in [0.05, 0.1) is 23.2 Å². The lowest BCUT2D eigenvalue weighted by Gasteiger charge is -2.06. The van der Waals surface area contributed by atoms with Gasteiger partial charge in [-0.25, -0.2) is 14.6 Å². The summed E-state index contributed by atoms with van der Waals surface area (Å²) in [5, 5.41) is 9.60. The summed E-state index contributed by atoms with van der Waals surface area (Å²) < 4.78 is 3.92. The number of hydrogen-bond acceptors (Lipinski definition) is 4. The first kappa shape index (κ1) is 16.0. The molecule has 142 valence electrons. The van der Waals surface area contributed by atoms with Crippen LogP contribution in [0.4, 0.5) is 0 Å². The maximum absolute atomic E-state index is 5.06. The Hall–Kier alpha value is -2.96. The summed E-state index contributed by atoms with van der Waals surface area (Å²) >= 11 is 0. The number of H-pyrrole nitrogens is 1. The van der Waals surface area contributed by atoms with Gasteiger partial charge in [0.25, 0.3) is 0 Å². The van der Waals surface area contributed by atoms with Crippen molar-refractivity contribution < 1.29 is 0 Å². The summed E-state index contributed by atoms with van der Waals surface area (Å²) in [4.78, 5) is 12.8. The summed E-state index contributed by atoms with van der Waals surface area (Å²) in [6.07, 6.45) is 5.97. The molecule has 0 spiro atoms. The minimum atomic E-state index is 0.297. The highest BCUT2D eigenvalue weighted by atomic mass is 15.4. The fourth-order valence-corrected chi connectivity index (χ4v) is 4.37. The maximum atomic E-state index is 5.06. The van der Waals surface area contributed by atoms with Crippen molar-refractivity contribution in [3.63, 3.8) is 0 Å². The lowest BCUT2D eigenvalue weighted by molar-refractivity contribution is 0.607. The normalized spacial score (nSPS) is 25.3. The van der Waals surface area contributed by atoms with E-state index in [0.29, 0.717) is 23.2 Å². The second-order valence-electron chi connectivity index (χ2n) is 8.92. The van der Waals surface area contributed by atoms with Gasteiger partial charge in [0.2, 0.25) is 0 Å². The SMILES string of the molecule is Cn1ccc([C@@H]2C[C@H]2c2nc(C3CC3(C)C)nn2-c2cccc3[nH]cnc23)n1. The van der Waals surface area contributed by atoms with Crippen LogP contribution in [0.25, 0.3) is 16.7 Å². The molecule has 4 aromatic rings. The van der Waals surface area contributed by atoms with Gasteiger partial charge in [-0.05, 0) is 36.5 Å². The van der Waals surface area contributed by atoms with Crippen LogP contribution >= 0.6 is 0 Å². The van der Waals surface area contributed by atoms with Crippen LogP contribution in [0, 0.1) is 5.41 Å². The Kier molecular flexibility index (Phi) is 3.04. The highest BCUT2D eigenvalue weighted by molar-refractivity contribution is 5.83. The van der Waals surface area contributed by atoms with Crippen LogP contribution in [-0.4, -0.2) is 34.5 Å². The third kappa shape index (κ3) is 2.35. The predicted molar refractivity (Wildman–Crippen MR) is 105 cm³/mol. The number of aryl methyl sites for hydroxylation is 1. The van der Waals surface area contributed by atoms with E-state index in [1.165, 1.54) is 0 Å². The van der Waals surface area contributed by atoms with E-state index in [4.69, 9.17) is 10.1 Å². The van der Waals surface area contributed by atoms with E-state index in [-0.39, 0.29) is 0 Å². The molecular weight excluding hydrogens is 350 g/mol. The highest BCUT2D eigenvalue weighted by Gasteiger charge is 2.51. The van der Waals surface area contributed by atoms with Gasteiger partial charge in [-0.3, -0.25) is 4.68 Å². The largest absolute Gasteiger partial charge is 0.345 e. The van der Waals surface area contributed by atoms with Crippen LogP contribution in [0.1, 0.15) is 61.8 Å². The van der Waals surface area contributed by atoms with E-state index in [1.807, 2.05) is 34.7 Å². The Balaban J connectivity index is 1.46. The standard InChI is InChI=1S/C21H23N7/c1-21(2)10-14(21)19-24-20(13-9-12(13)15-7-8-27(3)25-15)28(26-19)17-6-4-5-16-18(17)23-11-22-16/h4-8,11-14H,9-10H2,1-3H3,(H,22,23)/t12-,13-,14?/m1/s1. The molecule has 2 saturated carbocycles. The number of rotatable bonds is 4. The van der Waals surface area contributed by atoms with Crippen molar-refractivity contribution >= 4 is 11.0 Å². The second kappa shape index (κ2) is 5.31. The minimum Gasteiger partial charge on any atom is -0.345 e. The first-order valence-electron chi connectivity index (χ1n) is 9.90. The Labute approximate surface area is 162 Å². The van der Waals surface area contributed by atoms with Gasteiger partial charge in [0.15, 0.2) is 5.82 Å². The maximum Gasteiger partial charge on any atom is 0.155 e. The van der Waals surface area contributed by atoms with E-state index in [0.717, 1.165) is 46.9 Å². The number of aromatic amines is 1. The monoisotopic (exact) mass is 373 g/mol. The van der Waals surface area contributed by atoms with Gasteiger partial charge in [-0.15, -0.1) is 0 Å². The molecule has 0 amide bonds. The number of para-hydroxylation sites is 1. The van der Waals surface area contributed by atoms with Crippen molar-refractivity contribution in [2.24, 2.45) is 12.5 Å². The highest BCUT2D eigenvalue weighted by Crippen LogP contribution is 2.59. The molecule has 7 heteroatoms. The summed E-state index contributed by atoms with van der Waals surface area (Å²) in [5.41, 5.74) is 4.40. The van der Waals surface area contributed by atoms with E-state index in [9.17, 15) is 0 Å². The van der Waals surface area contributed by atoms with E-state index < -0.39 is 0 Å². The second-order valence-corrected chi connectivity index (χ2v) is 8.92. The number of hydrogen-bond donors (Lipinski definition) is 1.